The second-order valence-corrected chi connectivity index (χ2v) is 18.0. The van der Waals surface area contributed by atoms with Gasteiger partial charge in [-0.25, -0.2) is 18.3 Å². The number of hydrogen-bond acceptors (Lipinski definition) is 28. The standard InChI is InChI=1S/C24H46O33P4/c25-1-7(29)13(33)15(35)9(31)5-49-59(43,44)53-20-12(4-28)52-24(56-58(40,41)42)22(55-61(47,48)57-23-19(39)18(38)17(37)11(3-27)51-23)21(20)54-60(45,46)50-6-10(32)16(36)14(34)8(30)2-26/h7,10-29,32-39H,1-6H2,(H,43,44)(H,45,46)(H,47,48)(H2,40,41,42)/t7-,10+,11+,12+,13+,14+,15+,16+,17+,18-,19+,20+,21-,22+,23-,24-/m0/s1. The van der Waals surface area contributed by atoms with E-state index < -0.39 is 181 Å². The third-order valence-electron chi connectivity index (χ3n) is 8.08. The summed E-state index contributed by atoms with van der Waals surface area (Å²) in [5.41, 5.74) is 0. The van der Waals surface area contributed by atoms with E-state index in [0.29, 0.717) is 0 Å². The molecule has 2 heterocycles. The molecular formula is C24H46O33P4. The molecule has 0 aromatic rings. The number of hydrogen-bond donors (Lipinski definition) is 18. The first kappa shape index (κ1) is 56.3. The summed E-state index contributed by atoms with van der Waals surface area (Å²) in [6.07, 6.45) is -40.6. The van der Waals surface area contributed by atoms with Crippen molar-refractivity contribution in [2.75, 3.05) is 39.6 Å². The molecule has 2 saturated heterocycles. The molecule has 0 bridgehead atoms. The van der Waals surface area contributed by atoms with Gasteiger partial charge in [-0.3, -0.25) is 41.3 Å². The molecule has 19 atom stereocenters. The summed E-state index contributed by atoms with van der Waals surface area (Å²) in [5, 5.41) is 127. The van der Waals surface area contributed by atoms with Crippen molar-refractivity contribution >= 4 is 42.9 Å². The van der Waals surface area contributed by atoms with Crippen molar-refractivity contribution in [2.45, 2.75) is 98.0 Å². The van der Waals surface area contributed by atoms with Gasteiger partial charge in [-0.05, 0) is 0 Å². The topological polar surface area (TPSA) is 550 Å². The maximum absolute atomic E-state index is 13.4. The van der Waals surface area contributed by atoms with Crippen LogP contribution in [0.5, 0.6) is 0 Å². The number of Topliss-reactive ketones (excluding diaryl/α,β-unsaturated/α-hetero) is 2. The number of phosphoric ester groups is 4. The fourth-order valence-electron chi connectivity index (χ4n) is 4.94. The Morgan fingerprint density at radius 1 is 0.541 bits per heavy atom. The Bertz CT molecular complexity index is 1610. The molecule has 0 radical (unpaired) electrons. The van der Waals surface area contributed by atoms with Crippen LogP contribution in [0, 0.1) is 0 Å². The zero-order valence-electron chi connectivity index (χ0n) is 30.4. The third kappa shape index (κ3) is 16.5. The average Bonchev–Trinajstić information content (AvgIpc) is 3.18. The zero-order valence-corrected chi connectivity index (χ0v) is 34.0. The van der Waals surface area contributed by atoms with Crippen molar-refractivity contribution in [2.24, 2.45) is 0 Å². The van der Waals surface area contributed by atoms with E-state index in [0.717, 1.165) is 0 Å². The van der Waals surface area contributed by atoms with Gasteiger partial charge < -0.3 is 100 Å². The molecule has 0 spiro atoms. The van der Waals surface area contributed by atoms with E-state index >= 15 is 0 Å². The summed E-state index contributed by atoms with van der Waals surface area (Å²) in [5.74, 6) is -3.18. The second-order valence-electron chi connectivity index (χ2n) is 12.6. The summed E-state index contributed by atoms with van der Waals surface area (Å²) in [6.45, 7) is -8.67. The predicted octanol–water partition coefficient (Wildman–Crippen LogP) is -9.59. The van der Waals surface area contributed by atoms with Gasteiger partial charge in [0.05, 0.1) is 26.4 Å². The lowest BCUT2D eigenvalue weighted by atomic mass is 9.99. The maximum atomic E-state index is 13.4. The SMILES string of the molecule is O=C(CO)[C@@H](O)[C@H](O)[C@H](O)COP(=O)(O)O[C@@H]1[C@@H](OP(=O)(O)O[C@@H]2O[C@H](CO)[C@@H](O)[C@H](O)[C@H]2O)[C@H](OP(=O)(O)O)O[C@H](CO)[C@H]1OP(=O)(O)OCC(=O)[C@@H](O)[C@H](O)[C@@H](O)CO. The Balaban J connectivity index is 2.64. The van der Waals surface area contributed by atoms with Crippen LogP contribution < -0.4 is 0 Å². The van der Waals surface area contributed by atoms with Gasteiger partial charge in [-0.1, -0.05) is 0 Å². The van der Waals surface area contributed by atoms with Gasteiger partial charge in [0.1, 0.15) is 92.6 Å². The number of aliphatic hydroxyl groups is 13. The van der Waals surface area contributed by atoms with Gasteiger partial charge >= 0.3 is 31.3 Å². The lowest BCUT2D eigenvalue weighted by molar-refractivity contribution is -0.289. The summed E-state index contributed by atoms with van der Waals surface area (Å²) in [7, 11) is -24.4. The molecule has 0 aliphatic carbocycles. The quantitative estimate of drug-likeness (QED) is 0.0358. The summed E-state index contributed by atoms with van der Waals surface area (Å²) < 4.78 is 94.0. The van der Waals surface area contributed by atoms with Crippen molar-refractivity contribution < 1.29 is 160 Å². The van der Waals surface area contributed by atoms with E-state index in [1.165, 1.54) is 0 Å². The molecule has 37 heteroatoms. The Kier molecular flexibility index (Phi) is 21.8. The van der Waals surface area contributed by atoms with Crippen molar-refractivity contribution in [3.63, 3.8) is 0 Å². The van der Waals surface area contributed by atoms with Gasteiger partial charge in [0, 0.05) is 0 Å². The fraction of sp³-hybridized carbons (Fsp3) is 0.917. The molecule has 2 aliphatic heterocycles. The van der Waals surface area contributed by atoms with Gasteiger partial charge in [0.15, 0.2) is 30.3 Å². The van der Waals surface area contributed by atoms with Crippen molar-refractivity contribution in [3.05, 3.63) is 0 Å². The van der Waals surface area contributed by atoms with Crippen LogP contribution in [0.25, 0.3) is 0 Å². The molecule has 0 aromatic carbocycles. The summed E-state index contributed by atoms with van der Waals surface area (Å²) in [4.78, 5) is 74.7. The molecule has 33 nitrogen and oxygen atoms in total. The largest absolute Gasteiger partial charge is 0.475 e. The predicted molar refractivity (Wildman–Crippen MR) is 180 cm³/mol. The van der Waals surface area contributed by atoms with Crippen LogP contribution in [0.3, 0.4) is 0 Å². The maximum Gasteiger partial charge on any atom is 0.475 e. The Morgan fingerprint density at radius 3 is 1.56 bits per heavy atom. The first-order chi connectivity index (χ1) is 27.9. The minimum Gasteiger partial charge on any atom is -0.394 e. The van der Waals surface area contributed by atoms with Gasteiger partial charge in [-0.15, -0.1) is 0 Å². The highest BCUT2D eigenvalue weighted by atomic mass is 31.2. The summed E-state index contributed by atoms with van der Waals surface area (Å²) >= 11 is 0. The highest BCUT2D eigenvalue weighted by Crippen LogP contribution is 2.56. The number of rotatable bonds is 26. The minimum absolute atomic E-state index is 1.14. The lowest BCUT2D eigenvalue weighted by Crippen LogP contribution is -2.61. The molecule has 0 amide bonds. The number of ether oxygens (including phenoxy) is 2. The monoisotopic (exact) mass is 986 g/mol. The van der Waals surface area contributed by atoms with Crippen LogP contribution in [0.2, 0.25) is 0 Å². The van der Waals surface area contributed by atoms with E-state index in [4.69, 9.17) is 33.3 Å². The molecular weight excluding hydrogens is 940 g/mol. The smallest absolute Gasteiger partial charge is 0.394 e. The van der Waals surface area contributed by atoms with Crippen LogP contribution in [0.1, 0.15) is 0 Å². The van der Waals surface area contributed by atoms with Crippen molar-refractivity contribution in [1.29, 1.82) is 0 Å². The first-order valence-electron chi connectivity index (χ1n) is 16.6. The highest BCUT2D eigenvalue weighted by Gasteiger charge is 2.58. The molecule has 0 saturated carbocycles. The molecule has 2 aliphatic rings. The number of aliphatic hydroxyl groups excluding tert-OH is 13. The highest BCUT2D eigenvalue weighted by molar-refractivity contribution is 7.48. The summed E-state index contributed by atoms with van der Waals surface area (Å²) in [6, 6.07) is 0. The molecule has 360 valence electrons. The lowest BCUT2D eigenvalue weighted by Gasteiger charge is -2.45. The molecule has 2 fully saturated rings. The molecule has 2 rings (SSSR count). The molecule has 18 N–H and O–H groups in total. The number of carbonyl (C=O) groups excluding carboxylic acids is 2. The average molecular weight is 986 g/mol. The van der Waals surface area contributed by atoms with Crippen LogP contribution in [0.4, 0.5) is 0 Å². The van der Waals surface area contributed by atoms with E-state index in [2.05, 4.69) is 18.1 Å². The van der Waals surface area contributed by atoms with E-state index in [-0.39, 0.29) is 0 Å². The number of phosphoric acid groups is 4. The van der Waals surface area contributed by atoms with Crippen LogP contribution in [-0.4, -0.2) is 240 Å². The number of ketones is 2. The second kappa shape index (κ2) is 23.6. The molecule has 0 aromatic heterocycles. The van der Waals surface area contributed by atoms with Gasteiger partial charge in [0.25, 0.3) is 0 Å². The van der Waals surface area contributed by atoms with E-state index in [9.17, 15) is 108 Å². The van der Waals surface area contributed by atoms with Crippen LogP contribution >= 0.6 is 31.3 Å². The molecule has 3 unspecified atom stereocenters. The van der Waals surface area contributed by atoms with E-state index in [1.807, 2.05) is 0 Å². The van der Waals surface area contributed by atoms with Gasteiger partial charge in [-0.2, -0.15) is 0 Å². The zero-order chi connectivity index (χ0) is 47.0. The Hall–Kier alpha value is -0.820. The first-order valence-corrected chi connectivity index (χ1v) is 22.6. The normalized spacial score (nSPS) is 33.5. The van der Waals surface area contributed by atoms with Gasteiger partial charge in [0.2, 0.25) is 0 Å². The third-order valence-corrected chi connectivity index (χ3v) is 11.5. The molecule has 61 heavy (non-hydrogen) atoms. The fourth-order valence-corrected chi connectivity index (χ4v) is 8.26. The Labute approximate surface area is 340 Å². The number of carbonyl (C=O) groups is 2. The van der Waals surface area contributed by atoms with Crippen LogP contribution in [0.15, 0.2) is 0 Å². The van der Waals surface area contributed by atoms with Crippen molar-refractivity contribution in [3.8, 4) is 0 Å². The minimum atomic E-state index is -6.22. The van der Waals surface area contributed by atoms with Crippen molar-refractivity contribution in [1.82, 2.24) is 0 Å². The van der Waals surface area contributed by atoms with Crippen LogP contribution in [-0.2, 0) is 69.0 Å². The van der Waals surface area contributed by atoms with E-state index in [1.54, 1.807) is 0 Å². The Morgan fingerprint density at radius 2 is 1.03 bits per heavy atom.